The number of carbonyl (C=O) groups excluding carboxylic acids is 4. The number of rotatable bonds is 16. The lowest BCUT2D eigenvalue weighted by molar-refractivity contribution is -0.142. The zero-order chi connectivity index (χ0) is 51.1. The third kappa shape index (κ3) is 10.6. The van der Waals surface area contributed by atoms with Crippen molar-refractivity contribution < 1.29 is 33.4 Å². The third-order valence-corrected chi connectivity index (χ3v) is 15.3. The molecule has 0 saturated heterocycles. The molecule has 6 heterocycles. The number of hydrogen-bond donors (Lipinski definition) is 2. The lowest BCUT2D eigenvalue weighted by atomic mass is 9.92. The predicted octanol–water partition coefficient (Wildman–Crippen LogP) is 8.65. The summed E-state index contributed by atoms with van der Waals surface area (Å²) in [7, 11) is 2.67. The molecule has 21 heteroatoms. The van der Waals surface area contributed by atoms with Gasteiger partial charge in [-0.1, -0.05) is 75.2 Å². The molecule has 0 radical (unpaired) electrons. The zero-order valence-electron chi connectivity index (χ0n) is 41.0. The van der Waals surface area contributed by atoms with Gasteiger partial charge in [0.15, 0.2) is 11.6 Å². The van der Waals surface area contributed by atoms with Gasteiger partial charge in [-0.05, 0) is 63.1 Å². The molecule has 0 bridgehead atoms. The van der Waals surface area contributed by atoms with Crippen LogP contribution in [0.5, 0.6) is 0 Å². The SMILES string of the molecule is COC(=O)CC1N=C(c2ccc(Cl)cc2)c2c(sc(C(=O)NCC(C)(C)COCC(C)(C)CNC(=O)c3sc4c(c3C)C(c3ccc(Cl)cc3)=NC(CC(=O)OC)c3nnc(C)n3-4)c2C)-n2c(C)nnc21. The smallest absolute Gasteiger partial charge is 0.308 e. The number of halogens is 2. The van der Waals surface area contributed by atoms with Crippen LogP contribution >= 0.6 is 45.9 Å². The number of methoxy groups -OCH3 is 2. The number of aromatic nitrogens is 6. The summed E-state index contributed by atoms with van der Waals surface area (Å²) in [5.41, 5.74) is 4.69. The molecule has 2 atom stereocenters. The fourth-order valence-electron chi connectivity index (χ4n) is 8.46. The number of ether oxygens (including phenoxy) is 3. The van der Waals surface area contributed by atoms with Crippen LogP contribution in [0.1, 0.15) is 129 Å². The Balaban J connectivity index is 0.943. The van der Waals surface area contributed by atoms with Gasteiger partial charge in [0, 0.05) is 56.2 Å². The van der Waals surface area contributed by atoms with E-state index in [1.165, 1.54) is 36.9 Å². The summed E-state index contributed by atoms with van der Waals surface area (Å²) >= 11 is 15.2. The maximum absolute atomic E-state index is 14.1. The van der Waals surface area contributed by atoms with Gasteiger partial charge in [-0.15, -0.1) is 43.1 Å². The highest BCUT2D eigenvalue weighted by Gasteiger charge is 2.37. The minimum Gasteiger partial charge on any atom is -0.469 e. The first-order chi connectivity index (χ1) is 33.7. The van der Waals surface area contributed by atoms with Crippen molar-refractivity contribution in [2.24, 2.45) is 20.8 Å². The quantitative estimate of drug-likeness (QED) is 0.0878. The Labute approximate surface area is 429 Å². The van der Waals surface area contributed by atoms with Crippen LogP contribution in [0.3, 0.4) is 0 Å². The van der Waals surface area contributed by atoms with E-state index in [9.17, 15) is 19.2 Å². The van der Waals surface area contributed by atoms with Crippen molar-refractivity contribution in [3.63, 3.8) is 0 Å². The number of aliphatic imine (C=N–C) groups is 2. The van der Waals surface area contributed by atoms with E-state index in [0.29, 0.717) is 90.8 Å². The van der Waals surface area contributed by atoms with Crippen molar-refractivity contribution in [3.8, 4) is 10.0 Å². The van der Waals surface area contributed by atoms with Gasteiger partial charge in [-0.2, -0.15) is 0 Å². The molecule has 8 rings (SSSR count). The Morgan fingerprint density at radius 3 is 1.32 bits per heavy atom. The minimum absolute atomic E-state index is 0.0507. The first-order valence-electron chi connectivity index (χ1n) is 22.8. The number of hydrogen-bond acceptors (Lipinski definition) is 15. The van der Waals surface area contributed by atoms with Crippen LogP contribution in [0, 0.1) is 38.5 Å². The monoisotopic (exact) mass is 1040 g/mol. The second kappa shape index (κ2) is 20.5. The Bertz CT molecular complexity index is 2910. The van der Waals surface area contributed by atoms with Crippen LogP contribution in [0.4, 0.5) is 0 Å². The highest BCUT2D eigenvalue weighted by atomic mass is 35.5. The van der Waals surface area contributed by atoms with E-state index < -0.39 is 34.9 Å². The van der Waals surface area contributed by atoms with E-state index in [4.69, 9.17) is 47.4 Å². The number of nitrogens with zero attached hydrogens (tertiary/aromatic N) is 8. The Morgan fingerprint density at radius 1 is 0.606 bits per heavy atom. The fourth-order valence-corrected chi connectivity index (χ4v) is 11.3. The van der Waals surface area contributed by atoms with Crippen molar-refractivity contribution in [2.45, 2.75) is 80.3 Å². The van der Waals surface area contributed by atoms with Crippen molar-refractivity contribution in [1.29, 1.82) is 0 Å². The van der Waals surface area contributed by atoms with Gasteiger partial charge in [-0.3, -0.25) is 38.3 Å². The van der Waals surface area contributed by atoms with Gasteiger partial charge in [0.1, 0.15) is 33.7 Å². The summed E-state index contributed by atoms with van der Waals surface area (Å²) in [6.45, 7) is 16.8. The minimum atomic E-state index is -0.691. The average molecular weight is 1040 g/mol. The third-order valence-electron chi connectivity index (χ3n) is 12.3. The van der Waals surface area contributed by atoms with Crippen molar-refractivity contribution in [1.82, 2.24) is 40.2 Å². The zero-order valence-corrected chi connectivity index (χ0v) is 44.2. The van der Waals surface area contributed by atoms with E-state index in [0.717, 1.165) is 33.4 Å². The molecule has 2 N–H and O–H groups in total. The van der Waals surface area contributed by atoms with Gasteiger partial charge in [0.05, 0.1) is 61.5 Å². The van der Waals surface area contributed by atoms with Gasteiger partial charge in [0.2, 0.25) is 0 Å². The number of thiophene rings is 2. The Hall–Kier alpha value is -6.12. The fraction of sp³-hybridized carbons (Fsp3) is 0.400. The highest BCUT2D eigenvalue weighted by molar-refractivity contribution is 7.17. The van der Waals surface area contributed by atoms with Crippen LogP contribution in [0.25, 0.3) is 10.0 Å². The molecule has 6 aromatic rings. The topological polar surface area (TPSA) is 206 Å². The molecule has 0 aliphatic carbocycles. The van der Waals surface area contributed by atoms with E-state index >= 15 is 0 Å². The summed E-state index contributed by atoms with van der Waals surface area (Å²) in [5, 5.41) is 26.4. The molecule has 71 heavy (non-hydrogen) atoms. The number of aryl methyl sites for hydroxylation is 2. The van der Waals surface area contributed by atoms with E-state index in [1.54, 1.807) is 24.3 Å². The summed E-state index contributed by atoms with van der Waals surface area (Å²) in [4.78, 5) is 64.7. The molecule has 2 unspecified atom stereocenters. The van der Waals surface area contributed by atoms with Crippen molar-refractivity contribution in [3.05, 3.63) is 125 Å². The number of carbonyl (C=O) groups is 4. The second-order valence-corrected chi connectivity index (χ2v) is 22.0. The van der Waals surface area contributed by atoms with Crippen LogP contribution in [-0.4, -0.2) is 105 Å². The standard InChI is InChI=1S/C50H54Cl2N10O7S2/c1-25-37-39(29-11-15-31(51)16-12-29)55-33(19-35(63)67-9)43-59-57-27(3)61(43)47(37)70-41(25)45(65)53-21-49(5,6)23-69-24-50(7,8)22-54-46(66)42-26(2)38-40(30-13-17-32(52)18-14-30)56-34(20-36(64)68-10)44-60-58-28(4)62(44)48(38)71-42/h11-18,33-34H,19-24H2,1-10H3,(H,53,65)(H,54,66). The van der Waals surface area contributed by atoms with Gasteiger partial charge in [0.25, 0.3) is 11.8 Å². The summed E-state index contributed by atoms with van der Waals surface area (Å²) in [5.74, 6) is 0.713. The molecule has 2 amide bonds. The van der Waals surface area contributed by atoms with Crippen LogP contribution in [0.15, 0.2) is 58.5 Å². The first kappa shape index (κ1) is 51.2. The molecule has 2 aromatic carbocycles. The van der Waals surface area contributed by atoms with Gasteiger partial charge < -0.3 is 24.8 Å². The average Bonchev–Trinajstić information content (AvgIpc) is 4.05. The molecular weight excluding hydrogens is 988 g/mol. The molecule has 17 nitrogen and oxygen atoms in total. The second-order valence-electron chi connectivity index (χ2n) is 19.1. The maximum atomic E-state index is 14.1. The van der Waals surface area contributed by atoms with Gasteiger partial charge >= 0.3 is 11.9 Å². The van der Waals surface area contributed by atoms with E-state index in [2.05, 4.69) is 31.0 Å². The molecule has 2 aliphatic rings. The Morgan fingerprint density at radius 2 is 0.972 bits per heavy atom. The molecule has 0 fully saturated rings. The lowest BCUT2D eigenvalue weighted by Gasteiger charge is -2.29. The molecule has 0 spiro atoms. The number of benzene rings is 2. The molecule has 4 aromatic heterocycles. The molecule has 372 valence electrons. The number of amides is 2. The maximum Gasteiger partial charge on any atom is 0.308 e. The summed E-state index contributed by atoms with van der Waals surface area (Å²) in [6.07, 6.45) is -0.101. The number of esters is 2. The predicted molar refractivity (Wildman–Crippen MR) is 273 cm³/mol. The van der Waals surface area contributed by atoms with Crippen LogP contribution in [0.2, 0.25) is 10.0 Å². The van der Waals surface area contributed by atoms with Crippen molar-refractivity contribution in [2.75, 3.05) is 40.5 Å². The Kier molecular flexibility index (Phi) is 14.8. The molecular formula is C50H54Cl2N10O7S2. The molecule has 2 aliphatic heterocycles. The van der Waals surface area contributed by atoms with E-state index in [-0.39, 0.29) is 24.7 Å². The number of nitrogens with one attached hydrogen (secondary N) is 2. The summed E-state index contributed by atoms with van der Waals surface area (Å²) < 4.78 is 20.1. The van der Waals surface area contributed by atoms with E-state index in [1.807, 2.05) is 88.8 Å². The normalized spacial score (nSPS) is 15.3. The van der Waals surface area contributed by atoms with Gasteiger partial charge in [-0.25, -0.2) is 0 Å². The summed E-state index contributed by atoms with van der Waals surface area (Å²) in [6, 6.07) is 13.2. The number of fused-ring (bicyclic) bond motifs is 6. The first-order valence-corrected chi connectivity index (χ1v) is 25.2. The van der Waals surface area contributed by atoms with Crippen LogP contribution < -0.4 is 10.6 Å². The van der Waals surface area contributed by atoms with Crippen LogP contribution in [-0.2, 0) is 23.8 Å². The molecule has 0 saturated carbocycles. The van der Waals surface area contributed by atoms with Crippen molar-refractivity contribution >= 4 is 81.1 Å². The largest absolute Gasteiger partial charge is 0.469 e. The lowest BCUT2D eigenvalue weighted by Crippen LogP contribution is -2.39. The highest BCUT2D eigenvalue weighted by Crippen LogP contribution is 2.42.